The number of allylic oxidation sites excluding steroid dienone is 1. The van der Waals surface area contributed by atoms with Crippen molar-refractivity contribution in [2.75, 3.05) is 25.5 Å². The summed E-state index contributed by atoms with van der Waals surface area (Å²) in [7, 11) is 1.66. The van der Waals surface area contributed by atoms with Crippen molar-refractivity contribution in [2.24, 2.45) is 0 Å². The topological polar surface area (TPSA) is 41.6 Å². The Morgan fingerprint density at radius 3 is 2.79 bits per heavy atom. The Labute approximate surface area is 146 Å². The molecule has 5 heteroatoms. The molecule has 0 radical (unpaired) electrons. The highest BCUT2D eigenvalue weighted by molar-refractivity contribution is 7.19. The van der Waals surface area contributed by atoms with Gasteiger partial charge in [-0.2, -0.15) is 0 Å². The smallest absolute Gasteiger partial charge is 0.250 e. The van der Waals surface area contributed by atoms with E-state index in [1.54, 1.807) is 24.5 Å². The zero-order valence-electron chi connectivity index (χ0n) is 14.0. The molecule has 1 N–H and O–H groups in total. The van der Waals surface area contributed by atoms with Crippen molar-refractivity contribution in [3.8, 4) is 16.2 Å². The number of anilines is 1. The van der Waals surface area contributed by atoms with Gasteiger partial charge < -0.3 is 15.0 Å². The SMILES string of the molecule is COc1cccc(-c2ccc(NC(=O)C=C(C)N3CCCC3)s2)c1. The average Bonchev–Trinajstić information content (AvgIpc) is 3.26. The van der Waals surface area contributed by atoms with Gasteiger partial charge in [-0.15, -0.1) is 11.3 Å². The number of likely N-dealkylation sites (tertiary alicyclic amines) is 1. The predicted octanol–water partition coefficient (Wildman–Crippen LogP) is 4.36. The van der Waals surface area contributed by atoms with E-state index in [-0.39, 0.29) is 5.91 Å². The van der Waals surface area contributed by atoms with Crippen LogP contribution in [0.3, 0.4) is 0 Å². The van der Waals surface area contributed by atoms with Crippen LogP contribution in [0.4, 0.5) is 5.00 Å². The quantitative estimate of drug-likeness (QED) is 0.821. The summed E-state index contributed by atoms with van der Waals surface area (Å²) in [5.41, 5.74) is 2.12. The van der Waals surface area contributed by atoms with E-state index in [0.29, 0.717) is 0 Å². The molecule has 24 heavy (non-hydrogen) atoms. The van der Waals surface area contributed by atoms with Crippen molar-refractivity contribution < 1.29 is 9.53 Å². The van der Waals surface area contributed by atoms with Crippen molar-refractivity contribution >= 4 is 22.2 Å². The van der Waals surface area contributed by atoms with E-state index in [0.717, 1.165) is 40.0 Å². The lowest BCUT2D eigenvalue weighted by molar-refractivity contribution is -0.112. The fourth-order valence-electron chi connectivity index (χ4n) is 2.84. The molecule has 0 unspecified atom stereocenters. The minimum absolute atomic E-state index is 0.0709. The molecule has 0 saturated carbocycles. The Morgan fingerprint density at radius 2 is 2.04 bits per heavy atom. The van der Waals surface area contributed by atoms with Crippen molar-refractivity contribution in [1.82, 2.24) is 4.90 Å². The second kappa shape index (κ2) is 7.53. The largest absolute Gasteiger partial charge is 0.497 e. The Balaban J connectivity index is 1.67. The van der Waals surface area contributed by atoms with Gasteiger partial charge in [-0.25, -0.2) is 0 Å². The molecule has 4 nitrogen and oxygen atoms in total. The first-order chi connectivity index (χ1) is 11.7. The molecule has 2 aromatic rings. The van der Waals surface area contributed by atoms with E-state index in [1.807, 2.05) is 43.3 Å². The molecule has 1 fully saturated rings. The van der Waals surface area contributed by atoms with Crippen LogP contribution in [0.25, 0.3) is 10.4 Å². The van der Waals surface area contributed by atoms with E-state index in [2.05, 4.69) is 10.2 Å². The first kappa shape index (κ1) is 16.6. The number of ether oxygens (including phenoxy) is 1. The van der Waals surface area contributed by atoms with Gasteiger partial charge in [-0.3, -0.25) is 4.79 Å². The summed E-state index contributed by atoms with van der Waals surface area (Å²) in [6.07, 6.45) is 4.11. The highest BCUT2D eigenvalue weighted by Crippen LogP contribution is 2.33. The van der Waals surface area contributed by atoms with Crippen molar-refractivity contribution in [2.45, 2.75) is 19.8 Å². The number of hydrogen-bond acceptors (Lipinski definition) is 4. The number of methoxy groups -OCH3 is 1. The molecule has 1 saturated heterocycles. The number of rotatable bonds is 5. The Bertz CT molecular complexity index is 745. The van der Waals surface area contributed by atoms with Gasteiger partial charge in [0.1, 0.15) is 5.75 Å². The van der Waals surface area contributed by atoms with Gasteiger partial charge in [-0.1, -0.05) is 12.1 Å². The van der Waals surface area contributed by atoms with Gasteiger partial charge in [-0.05, 0) is 49.6 Å². The minimum atomic E-state index is -0.0709. The lowest BCUT2D eigenvalue weighted by atomic mass is 10.2. The number of carbonyl (C=O) groups is 1. The number of nitrogens with zero attached hydrogens (tertiary/aromatic N) is 1. The first-order valence-electron chi connectivity index (χ1n) is 8.14. The van der Waals surface area contributed by atoms with Crippen LogP contribution in [-0.4, -0.2) is 31.0 Å². The lowest BCUT2D eigenvalue weighted by Gasteiger charge is -2.17. The van der Waals surface area contributed by atoms with Crippen LogP contribution < -0.4 is 10.1 Å². The Morgan fingerprint density at radius 1 is 1.25 bits per heavy atom. The molecule has 3 rings (SSSR count). The fraction of sp³-hybridized carbons (Fsp3) is 0.316. The van der Waals surface area contributed by atoms with E-state index in [4.69, 9.17) is 4.74 Å². The number of amides is 1. The van der Waals surface area contributed by atoms with Gasteiger partial charge in [0.25, 0.3) is 5.91 Å². The average molecular weight is 342 g/mol. The van der Waals surface area contributed by atoms with Crippen molar-refractivity contribution in [1.29, 1.82) is 0 Å². The summed E-state index contributed by atoms with van der Waals surface area (Å²) in [4.78, 5) is 15.6. The van der Waals surface area contributed by atoms with Gasteiger partial charge in [0.05, 0.1) is 12.1 Å². The van der Waals surface area contributed by atoms with Gasteiger partial charge in [0, 0.05) is 29.7 Å². The Hall–Kier alpha value is -2.27. The summed E-state index contributed by atoms with van der Waals surface area (Å²) < 4.78 is 5.26. The van der Waals surface area contributed by atoms with E-state index < -0.39 is 0 Å². The maximum Gasteiger partial charge on any atom is 0.250 e. The minimum Gasteiger partial charge on any atom is -0.497 e. The monoisotopic (exact) mass is 342 g/mol. The Kier molecular flexibility index (Phi) is 5.20. The first-order valence-corrected chi connectivity index (χ1v) is 8.96. The third kappa shape index (κ3) is 3.97. The van der Waals surface area contributed by atoms with E-state index >= 15 is 0 Å². The highest BCUT2D eigenvalue weighted by atomic mass is 32.1. The summed E-state index contributed by atoms with van der Waals surface area (Å²) in [6, 6.07) is 11.9. The molecular formula is C19H22N2O2S. The number of thiophene rings is 1. The molecular weight excluding hydrogens is 320 g/mol. The number of carbonyl (C=O) groups excluding carboxylic acids is 1. The van der Waals surface area contributed by atoms with Crippen molar-refractivity contribution in [3.63, 3.8) is 0 Å². The molecule has 2 heterocycles. The lowest BCUT2D eigenvalue weighted by Crippen LogP contribution is -2.19. The molecule has 1 aliphatic heterocycles. The van der Waals surface area contributed by atoms with Crippen LogP contribution in [0.15, 0.2) is 48.2 Å². The molecule has 0 aliphatic carbocycles. The van der Waals surface area contributed by atoms with E-state index in [9.17, 15) is 4.79 Å². The van der Waals surface area contributed by atoms with Crippen LogP contribution in [0.2, 0.25) is 0 Å². The molecule has 1 amide bonds. The maximum atomic E-state index is 12.2. The van der Waals surface area contributed by atoms with E-state index in [1.165, 1.54) is 12.8 Å². The summed E-state index contributed by atoms with van der Waals surface area (Å²) in [6.45, 7) is 4.10. The highest BCUT2D eigenvalue weighted by Gasteiger charge is 2.13. The molecule has 0 atom stereocenters. The second-order valence-corrected chi connectivity index (χ2v) is 6.95. The molecule has 0 spiro atoms. The third-order valence-electron chi connectivity index (χ3n) is 4.15. The molecule has 1 aromatic carbocycles. The summed E-state index contributed by atoms with van der Waals surface area (Å²) >= 11 is 1.56. The number of hydrogen-bond donors (Lipinski definition) is 1. The standard InChI is InChI=1S/C19H22N2O2S/c1-14(21-10-3-4-11-21)12-18(22)20-19-9-8-17(24-19)15-6-5-7-16(13-15)23-2/h5-9,12-13H,3-4,10-11H2,1-2H3,(H,20,22). The van der Waals surface area contributed by atoms with Crippen molar-refractivity contribution in [3.05, 3.63) is 48.2 Å². The normalized spacial score (nSPS) is 14.8. The van der Waals surface area contributed by atoms with Gasteiger partial charge in [0.15, 0.2) is 0 Å². The van der Waals surface area contributed by atoms with Gasteiger partial charge in [0.2, 0.25) is 0 Å². The van der Waals surface area contributed by atoms with Crippen LogP contribution in [0.1, 0.15) is 19.8 Å². The van der Waals surface area contributed by atoms with Crippen LogP contribution >= 0.6 is 11.3 Å². The fourth-order valence-corrected chi connectivity index (χ4v) is 3.75. The predicted molar refractivity (Wildman–Crippen MR) is 99.5 cm³/mol. The third-order valence-corrected chi connectivity index (χ3v) is 5.20. The zero-order valence-corrected chi connectivity index (χ0v) is 14.9. The molecule has 126 valence electrons. The molecule has 1 aromatic heterocycles. The molecule has 1 aliphatic rings. The maximum absolute atomic E-state index is 12.2. The second-order valence-electron chi connectivity index (χ2n) is 5.86. The summed E-state index contributed by atoms with van der Waals surface area (Å²) in [5.74, 6) is 0.758. The summed E-state index contributed by atoms with van der Waals surface area (Å²) in [5, 5.41) is 3.81. The zero-order chi connectivity index (χ0) is 16.9. The van der Waals surface area contributed by atoms with Gasteiger partial charge >= 0.3 is 0 Å². The van der Waals surface area contributed by atoms with Crippen LogP contribution in [-0.2, 0) is 4.79 Å². The number of benzene rings is 1. The van der Waals surface area contributed by atoms with Crippen LogP contribution in [0, 0.1) is 0 Å². The number of nitrogens with one attached hydrogen (secondary N) is 1. The van der Waals surface area contributed by atoms with Crippen LogP contribution in [0.5, 0.6) is 5.75 Å². The molecule has 0 bridgehead atoms.